The molecule has 0 atom stereocenters. The molecule has 1 rings (SSSR count). The Balaban J connectivity index is 2.62. The molecule has 1 heterocycles. The predicted octanol–water partition coefficient (Wildman–Crippen LogP) is 1.84. The van der Waals surface area contributed by atoms with Crippen LogP contribution in [0.2, 0.25) is 0 Å². The van der Waals surface area contributed by atoms with E-state index in [4.69, 9.17) is 17.0 Å². The van der Waals surface area contributed by atoms with Crippen LogP contribution in [0, 0.1) is 11.8 Å². The largest absolute Gasteiger partial charge is 0.480 e. The van der Waals surface area contributed by atoms with Gasteiger partial charge >= 0.3 is 0 Å². The summed E-state index contributed by atoms with van der Waals surface area (Å²) < 4.78 is 4.85. The first-order valence-electron chi connectivity index (χ1n) is 4.92. The fourth-order valence-electron chi connectivity index (χ4n) is 1.61. The molecular weight excluding hydrogens is 194 g/mol. The summed E-state index contributed by atoms with van der Waals surface area (Å²) in [5.41, 5.74) is -0.0842. The second kappa shape index (κ2) is 4.77. The monoisotopic (exact) mass is 211 g/mol. The molecule has 0 aromatic carbocycles. The molecule has 1 saturated heterocycles. The van der Waals surface area contributed by atoms with Gasteiger partial charge in [0.2, 0.25) is 5.05 Å². The highest BCUT2D eigenvalue weighted by Crippen LogP contribution is 2.19. The van der Waals surface area contributed by atoms with E-state index in [9.17, 15) is 0 Å². The van der Waals surface area contributed by atoms with Crippen LogP contribution >= 0.6 is 12.2 Å². The summed E-state index contributed by atoms with van der Waals surface area (Å²) in [4.78, 5) is 2.39. The summed E-state index contributed by atoms with van der Waals surface area (Å²) in [6.45, 7) is 6.54. The Bertz CT molecular complexity index is 269. The van der Waals surface area contributed by atoms with Crippen LogP contribution in [0.4, 0.5) is 0 Å². The molecule has 1 aliphatic heterocycles. The van der Waals surface area contributed by atoms with E-state index in [-0.39, 0.29) is 5.54 Å². The van der Waals surface area contributed by atoms with Gasteiger partial charge in [-0.05, 0) is 57.9 Å². The van der Waals surface area contributed by atoms with Crippen molar-refractivity contribution in [1.82, 2.24) is 4.90 Å². The van der Waals surface area contributed by atoms with Crippen LogP contribution in [-0.4, -0.2) is 35.7 Å². The normalized spacial score (nSPS) is 17.4. The van der Waals surface area contributed by atoms with E-state index >= 15 is 0 Å². The van der Waals surface area contributed by atoms with Gasteiger partial charge in [-0.1, -0.05) is 5.92 Å². The van der Waals surface area contributed by atoms with Crippen LogP contribution in [0.15, 0.2) is 0 Å². The molecule has 0 N–H and O–H groups in total. The maximum atomic E-state index is 4.88. The number of hydrogen-bond acceptors (Lipinski definition) is 3. The summed E-state index contributed by atoms with van der Waals surface area (Å²) in [6.07, 6.45) is 2.56. The van der Waals surface area contributed by atoms with E-state index in [2.05, 4.69) is 30.6 Å². The summed E-state index contributed by atoms with van der Waals surface area (Å²) in [5.74, 6) is 6.03. The van der Waals surface area contributed by atoms with Crippen molar-refractivity contribution in [3.05, 3.63) is 0 Å². The molecule has 0 spiro atoms. The SMILES string of the molecule is COC(=S)C#CC(C)(C)N1CCCC1. The van der Waals surface area contributed by atoms with Crippen molar-refractivity contribution in [2.24, 2.45) is 0 Å². The predicted molar refractivity (Wildman–Crippen MR) is 62.3 cm³/mol. The minimum absolute atomic E-state index is 0.0842. The van der Waals surface area contributed by atoms with Gasteiger partial charge in [0.1, 0.15) is 0 Å². The van der Waals surface area contributed by atoms with Crippen molar-refractivity contribution < 1.29 is 4.74 Å². The van der Waals surface area contributed by atoms with Crippen molar-refractivity contribution in [2.45, 2.75) is 32.2 Å². The molecule has 0 saturated carbocycles. The van der Waals surface area contributed by atoms with Gasteiger partial charge in [0, 0.05) is 0 Å². The fourth-order valence-corrected chi connectivity index (χ4v) is 1.66. The number of hydrogen-bond donors (Lipinski definition) is 0. The maximum Gasteiger partial charge on any atom is 0.237 e. The van der Waals surface area contributed by atoms with E-state index < -0.39 is 0 Å². The highest BCUT2D eigenvalue weighted by molar-refractivity contribution is 7.80. The standard InChI is InChI=1S/C11H17NOS/c1-11(2,7-6-10(14)13-3)12-8-4-5-9-12/h4-5,8-9H2,1-3H3. The van der Waals surface area contributed by atoms with Gasteiger partial charge in [0.15, 0.2) is 0 Å². The number of methoxy groups -OCH3 is 1. The summed E-state index contributed by atoms with van der Waals surface area (Å²) in [6, 6.07) is 0. The molecule has 14 heavy (non-hydrogen) atoms. The summed E-state index contributed by atoms with van der Waals surface area (Å²) in [5, 5.41) is 0.372. The molecule has 1 fully saturated rings. The van der Waals surface area contributed by atoms with Gasteiger partial charge < -0.3 is 4.74 Å². The van der Waals surface area contributed by atoms with E-state index in [1.165, 1.54) is 12.8 Å². The smallest absolute Gasteiger partial charge is 0.237 e. The molecule has 1 aliphatic rings. The molecule has 0 aliphatic carbocycles. The fraction of sp³-hybridized carbons (Fsp3) is 0.727. The van der Waals surface area contributed by atoms with Gasteiger partial charge in [-0.15, -0.1) is 0 Å². The second-order valence-corrected chi connectivity index (χ2v) is 4.37. The Labute approximate surface area is 91.6 Å². The summed E-state index contributed by atoms with van der Waals surface area (Å²) >= 11 is 4.88. The molecular formula is C11H17NOS. The first kappa shape index (κ1) is 11.5. The lowest BCUT2D eigenvalue weighted by atomic mass is 10.0. The first-order valence-corrected chi connectivity index (χ1v) is 5.33. The summed E-state index contributed by atoms with van der Waals surface area (Å²) in [7, 11) is 1.56. The average molecular weight is 211 g/mol. The Kier molecular flexibility index (Phi) is 3.91. The van der Waals surface area contributed by atoms with E-state index in [1.807, 2.05) is 0 Å². The lowest BCUT2D eigenvalue weighted by Crippen LogP contribution is -2.40. The van der Waals surface area contributed by atoms with Crippen LogP contribution in [0.3, 0.4) is 0 Å². The quantitative estimate of drug-likeness (QED) is 0.485. The Morgan fingerprint density at radius 3 is 2.43 bits per heavy atom. The molecule has 0 bridgehead atoms. The number of thiocarbonyl (C=S) groups is 1. The molecule has 0 amide bonds. The van der Waals surface area contributed by atoms with E-state index in [0.717, 1.165) is 13.1 Å². The Hall–Kier alpha value is -0.590. The van der Waals surface area contributed by atoms with E-state index in [1.54, 1.807) is 7.11 Å². The van der Waals surface area contributed by atoms with Gasteiger partial charge in [-0.2, -0.15) is 0 Å². The van der Waals surface area contributed by atoms with Crippen molar-refractivity contribution in [1.29, 1.82) is 0 Å². The zero-order valence-corrected chi connectivity index (χ0v) is 9.91. The van der Waals surface area contributed by atoms with Gasteiger partial charge in [-0.3, -0.25) is 4.90 Å². The van der Waals surface area contributed by atoms with Gasteiger partial charge in [0.25, 0.3) is 0 Å². The number of rotatable bonds is 1. The second-order valence-electron chi connectivity index (χ2n) is 3.99. The Morgan fingerprint density at radius 2 is 1.93 bits per heavy atom. The molecule has 2 nitrogen and oxygen atoms in total. The highest BCUT2D eigenvalue weighted by atomic mass is 32.1. The maximum absolute atomic E-state index is 4.88. The third-order valence-corrected chi connectivity index (χ3v) is 2.82. The van der Waals surface area contributed by atoms with Crippen LogP contribution in [0.25, 0.3) is 0 Å². The minimum Gasteiger partial charge on any atom is -0.480 e. The number of nitrogens with zero attached hydrogens (tertiary/aromatic N) is 1. The highest BCUT2D eigenvalue weighted by Gasteiger charge is 2.26. The molecule has 3 heteroatoms. The van der Waals surface area contributed by atoms with Crippen LogP contribution in [-0.2, 0) is 4.74 Å². The Morgan fingerprint density at radius 1 is 1.36 bits per heavy atom. The molecule has 78 valence electrons. The third-order valence-electron chi connectivity index (χ3n) is 2.55. The minimum atomic E-state index is -0.0842. The van der Waals surface area contributed by atoms with Crippen LogP contribution < -0.4 is 0 Å². The van der Waals surface area contributed by atoms with Crippen molar-refractivity contribution in [3.8, 4) is 11.8 Å². The number of ether oxygens (including phenoxy) is 1. The van der Waals surface area contributed by atoms with E-state index in [0.29, 0.717) is 5.05 Å². The van der Waals surface area contributed by atoms with Crippen LogP contribution in [0.1, 0.15) is 26.7 Å². The average Bonchev–Trinajstić information content (AvgIpc) is 2.67. The first-order chi connectivity index (χ1) is 6.56. The zero-order valence-electron chi connectivity index (χ0n) is 9.09. The zero-order chi connectivity index (χ0) is 10.6. The lowest BCUT2D eigenvalue weighted by Gasteiger charge is -2.30. The molecule has 0 aromatic rings. The van der Waals surface area contributed by atoms with Crippen molar-refractivity contribution >= 4 is 17.3 Å². The molecule has 0 radical (unpaired) electrons. The van der Waals surface area contributed by atoms with Crippen molar-refractivity contribution in [2.75, 3.05) is 20.2 Å². The molecule has 0 unspecified atom stereocenters. The number of likely N-dealkylation sites (tertiary alicyclic amines) is 1. The third kappa shape index (κ3) is 2.97. The van der Waals surface area contributed by atoms with Gasteiger partial charge in [0.05, 0.1) is 12.6 Å². The van der Waals surface area contributed by atoms with Gasteiger partial charge in [-0.25, -0.2) is 0 Å². The topological polar surface area (TPSA) is 12.5 Å². The lowest BCUT2D eigenvalue weighted by molar-refractivity contribution is 0.214. The van der Waals surface area contributed by atoms with Crippen LogP contribution in [0.5, 0.6) is 0 Å². The molecule has 0 aromatic heterocycles. The van der Waals surface area contributed by atoms with Crippen molar-refractivity contribution in [3.63, 3.8) is 0 Å².